The highest BCUT2D eigenvalue weighted by molar-refractivity contribution is 5.88. The summed E-state index contributed by atoms with van der Waals surface area (Å²) < 4.78 is 4.94. The number of aliphatic carboxylic acids is 1. The summed E-state index contributed by atoms with van der Waals surface area (Å²) in [6.45, 7) is 6.03. The van der Waals surface area contributed by atoms with Crippen LogP contribution < -0.4 is 5.32 Å². The Kier molecular flexibility index (Phi) is 5.75. The first-order valence-electron chi connectivity index (χ1n) is 6.67. The summed E-state index contributed by atoms with van der Waals surface area (Å²) in [5, 5.41) is 12.2. The number of methoxy groups -OCH3 is 1. The zero-order chi connectivity index (χ0) is 14.6. The fourth-order valence-corrected chi connectivity index (χ4v) is 2.54. The lowest BCUT2D eigenvalue weighted by molar-refractivity contribution is -0.151. The number of carboxylic acid groups (broad SMARTS) is 1. The molecule has 0 aromatic carbocycles. The maximum absolute atomic E-state index is 12.6. The van der Waals surface area contributed by atoms with Gasteiger partial charge in [-0.05, 0) is 25.7 Å². The van der Waals surface area contributed by atoms with Crippen LogP contribution in [0, 0.1) is 5.92 Å². The van der Waals surface area contributed by atoms with Crippen molar-refractivity contribution in [3.63, 3.8) is 0 Å². The summed E-state index contributed by atoms with van der Waals surface area (Å²) >= 11 is 0. The molecule has 110 valence electrons. The number of carbonyl (C=O) groups excluding carboxylic acids is 1. The highest BCUT2D eigenvalue weighted by atomic mass is 16.5. The summed E-state index contributed by atoms with van der Waals surface area (Å²) in [6.07, 6.45) is 1.26. The minimum Gasteiger partial charge on any atom is -0.480 e. The Morgan fingerprint density at radius 2 is 2.05 bits per heavy atom. The number of hydrogen-bond acceptors (Lipinski definition) is 4. The molecule has 0 aliphatic carbocycles. The third-order valence-corrected chi connectivity index (χ3v) is 3.59. The summed E-state index contributed by atoms with van der Waals surface area (Å²) in [4.78, 5) is 25.3. The van der Waals surface area contributed by atoms with E-state index in [1.165, 1.54) is 4.90 Å². The van der Waals surface area contributed by atoms with Crippen molar-refractivity contribution >= 4 is 11.9 Å². The number of nitrogens with zero attached hydrogens (tertiary/aromatic N) is 1. The maximum atomic E-state index is 12.6. The Morgan fingerprint density at radius 1 is 1.42 bits per heavy atom. The quantitative estimate of drug-likeness (QED) is 0.695. The van der Waals surface area contributed by atoms with Gasteiger partial charge in [-0.1, -0.05) is 13.8 Å². The summed E-state index contributed by atoms with van der Waals surface area (Å²) in [7, 11) is 1.55. The van der Waals surface area contributed by atoms with Gasteiger partial charge in [0, 0.05) is 13.2 Å². The Labute approximate surface area is 114 Å². The SMILES string of the molecule is COCN[C@H](C(=O)N1[C@@H](C)CC[C@H]1C(=O)O)C(C)C. The second-order valence-electron chi connectivity index (χ2n) is 5.38. The predicted octanol–water partition coefficient (Wildman–Crippen LogP) is 0.669. The fourth-order valence-electron chi connectivity index (χ4n) is 2.54. The first-order chi connectivity index (χ1) is 8.90. The van der Waals surface area contributed by atoms with E-state index in [9.17, 15) is 14.7 Å². The van der Waals surface area contributed by atoms with Crippen molar-refractivity contribution in [2.24, 2.45) is 5.92 Å². The van der Waals surface area contributed by atoms with Gasteiger partial charge in [-0.15, -0.1) is 0 Å². The third kappa shape index (κ3) is 3.67. The Balaban J connectivity index is 2.84. The predicted molar refractivity (Wildman–Crippen MR) is 70.6 cm³/mol. The molecular formula is C13H24N2O4. The zero-order valence-corrected chi connectivity index (χ0v) is 12.0. The fraction of sp³-hybridized carbons (Fsp3) is 0.846. The topological polar surface area (TPSA) is 78.9 Å². The van der Waals surface area contributed by atoms with Gasteiger partial charge in [0.05, 0.1) is 12.8 Å². The number of rotatable bonds is 6. The molecule has 2 N–H and O–H groups in total. The van der Waals surface area contributed by atoms with Crippen molar-refractivity contribution in [3.05, 3.63) is 0 Å². The molecule has 0 saturated carbocycles. The lowest BCUT2D eigenvalue weighted by atomic mass is 10.0. The molecule has 0 aromatic rings. The van der Waals surface area contributed by atoms with E-state index < -0.39 is 18.1 Å². The Hall–Kier alpha value is -1.14. The first-order valence-corrected chi connectivity index (χ1v) is 6.67. The van der Waals surface area contributed by atoms with E-state index in [0.29, 0.717) is 6.42 Å². The van der Waals surface area contributed by atoms with Gasteiger partial charge in [-0.3, -0.25) is 10.1 Å². The van der Waals surface area contributed by atoms with E-state index in [1.54, 1.807) is 7.11 Å². The first kappa shape index (κ1) is 15.9. The number of hydrogen-bond donors (Lipinski definition) is 2. The third-order valence-electron chi connectivity index (χ3n) is 3.59. The second kappa shape index (κ2) is 6.86. The number of likely N-dealkylation sites (tertiary alicyclic amines) is 1. The van der Waals surface area contributed by atoms with E-state index in [0.717, 1.165) is 6.42 Å². The Bertz CT molecular complexity index is 333. The van der Waals surface area contributed by atoms with Crippen LogP contribution in [0.5, 0.6) is 0 Å². The van der Waals surface area contributed by atoms with Gasteiger partial charge in [-0.25, -0.2) is 4.79 Å². The highest BCUT2D eigenvalue weighted by Crippen LogP contribution is 2.26. The number of carboxylic acids is 1. The molecule has 0 aromatic heterocycles. The molecule has 1 aliphatic heterocycles. The van der Waals surface area contributed by atoms with Crippen LogP contribution in [-0.2, 0) is 14.3 Å². The molecule has 19 heavy (non-hydrogen) atoms. The van der Waals surface area contributed by atoms with Gasteiger partial charge in [0.25, 0.3) is 0 Å². The molecule has 0 radical (unpaired) electrons. The number of nitrogens with one attached hydrogen (secondary N) is 1. The van der Waals surface area contributed by atoms with Gasteiger partial charge in [0.15, 0.2) is 0 Å². The molecule has 1 amide bonds. The molecule has 1 rings (SSSR count). The van der Waals surface area contributed by atoms with E-state index in [-0.39, 0.29) is 24.6 Å². The molecule has 6 nitrogen and oxygen atoms in total. The minimum absolute atomic E-state index is 0.0285. The zero-order valence-electron chi connectivity index (χ0n) is 12.0. The van der Waals surface area contributed by atoms with Gasteiger partial charge in [0.2, 0.25) is 5.91 Å². The van der Waals surface area contributed by atoms with Crippen molar-refractivity contribution in [2.45, 2.75) is 51.7 Å². The summed E-state index contributed by atoms with van der Waals surface area (Å²) in [5.74, 6) is -0.999. The number of carbonyl (C=O) groups is 2. The van der Waals surface area contributed by atoms with Crippen LogP contribution in [0.2, 0.25) is 0 Å². The van der Waals surface area contributed by atoms with Crippen LogP contribution in [0.4, 0.5) is 0 Å². The van der Waals surface area contributed by atoms with Crippen LogP contribution in [0.1, 0.15) is 33.6 Å². The van der Waals surface area contributed by atoms with E-state index in [2.05, 4.69) is 5.32 Å². The molecule has 1 saturated heterocycles. The van der Waals surface area contributed by atoms with Crippen molar-refractivity contribution in [2.75, 3.05) is 13.8 Å². The van der Waals surface area contributed by atoms with Crippen molar-refractivity contribution in [1.82, 2.24) is 10.2 Å². The van der Waals surface area contributed by atoms with Crippen molar-refractivity contribution < 1.29 is 19.4 Å². The van der Waals surface area contributed by atoms with Crippen molar-refractivity contribution in [3.8, 4) is 0 Å². The van der Waals surface area contributed by atoms with Gasteiger partial charge >= 0.3 is 5.97 Å². The van der Waals surface area contributed by atoms with Crippen LogP contribution in [0.3, 0.4) is 0 Å². The van der Waals surface area contributed by atoms with Gasteiger partial charge in [-0.2, -0.15) is 0 Å². The molecule has 6 heteroatoms. The van der Waals surface area contributed by atoms with Crippen LogP contribution >= 0.6 is 0 Å². The van der Waals surface area contributed by atoms with Gasteiger partial charge in [0.1, 0.15) is 6.04 Å². The lowest BCUT2D eigenvalue weighted by Gasteiger charge is -2.32. The average Bonchev–Trinajstić information content (AvgIpc) is 2.71. The van der Waals surface area contributed by atoms with Gasteiger partial charge < -0.3 is 14.7 Å². The lowest BCUT2D eigenvalue weighted by Crippen LogP contribution is -2.54. The maximum Gasteiger partial charge on any atom is 0.326 e. The van der Waals surface area contributed by atoms with E-state index in [4.69, 9.17) is 4.74 Å². The summed E-state index contributed by atoms with van der Waals surface area (Å²) in [6, 6.07) is -1.14. The molecule has 3 atom stereocenters. The number of amides is 1. The molecule has 0 bridgehead atoms. The van der Waals surface area contributed by atoms with Crippen LogP contribution in [-0.4, -0.2) is 53.8 Å². The second-order valence-corrected chi connectivity index (χ2v) is 5.38. The van der Waals surface area contributed by atoms with Crippen LogP contribution in [0.25, 0.3) is 0 Å². The standard InChI is InChI=1S/C13H24N2O4/c1-8(2)11(14-7-19-4)12(16)15-9(3)5-6-10(15)13(17)18/h8-11,14H,5-7H2,1-4H3,(H,17,18)/t9-,10-,11-/m0/s1. The van der Waals surface area contributed by atoms with Crippen LogP contribution in [0.15, 0.2) is 0 Å². The molecule has 0 spiro atoms. The molecular weight excluding hydrogens is 248 g/mol. The van der Waals surface area contributed by atoms with E-state index in [1.807, 2.05) is 20.8 Å². The van der Waals surface area contributed by atoms with Crippen molar-refractivity contribution in [1.29, 1.82) is 0 Å². The minimum atomic E-state index is -0.924. The van der Waals surface area contributed by atoms with E-state index >= 15 is 0 Å². The molecule has 0 unspecified atom stereocenters. The average molecular weight is 272 g/mol. The summed E-state index contributed by atoms with van der Waals surface area (Å²) in [5.41, 5.74) is 0. The molecule has 1 aliphatic rings. The smallest absolute Gasteiger partial charge is 0.326 e. The normalized spacial score (nSPS) is 24.8. The molecule has 1 fully saturated rings. The Morgan fingerprint density at radius 3 is 2.53 bits per heavy atom. The monoisotopic (exact) mass is 272 g/mol. The highest BCUT2D eigenvalue weighted by Gasteiger charge is 2.41. The molecule has 1 heterocycles. The number of ether oxygens (including phenoxy) is 1. The largest absolute Gasteiger partial charge is 0.480 e.